The Labute approximate surface area is 234 Å². The molecule has 0 fully saturated rings. The fraction of sp³-hybridized carbons (Fsp3) is 0.192. The zero-order chi connectivity index (χ0) is 28.2. The van der Waals surface area contributed by atoms with Gasteiger partial charge in [-0.05, 0) is 58.6 Å². The summed E-state index contributed by atoms with van der Waals surface area (Å²) in [5, 5.41) is 9.53. The molecule has 0 aliphatic heterocycles. The minimum Gasteiger partial charge on any atom is -0.772 e. The SMILES string of the molecule is N#Cc1cc(N(CC(F)(F)F)c2ccc(-c3ccc4nc(CS(=O)[O-])cnc4c3)cc2)cc(Cl)c1OCCCl. The van der Waals surface area contributed by atoms with Gasteiger partial charge >= 0.3 is 6.18 Å². The molecule has 0 saturated heterocycles. The molecule has 1 aromatic heterocycles. The molecule has 0 bridgehead atoms. The second-order valence-corrected chi connectivity index (χ2v) is 9.90. The monoisotopic (exact) mass is 593 g/mol. The first-order valence-corrected chi connectivity index (χ1v) is 13.4. The number of nitriles is 1. The molecule has 0 radical (unpaired) electrons. The Hall–Kier alpha value is -3.43. The number of hydrogen-bond acceptors (Lipinski definition) is 7. The number of aromatic nitrogens is 2. The minimum atomic E-state index is -4.56. The van der Waals surface area contributed by atoms with E-state index in [9.17, 15) is 27.2 Å². The quantitative estimate of drug-likeness (QED) is 0.161. The van der Waals surface area contributed by atoms with Crippen LogP contribution in [0.2, 0.25) is 5.02 Å². The maximum Gasteiger partial charge on any atom is 0.406 e. The van der Waals surface area contributed by atoms with E-state index in [1.165, 1.54) is 30.5 Å². The number of rotatable bonds is 9. The van der Waals surface area contributed by atoms with Crippen molar-refractivity contribution in [3.63, 3.8) is 0 Å². The van der Waals surface area contributed by atoms with Gasteiger partial charge in [-0.25, -0.2) is 4.98 Å². The van der Waals surface area contributed by atoms with Crippen molar-refractivity contribution in [1.82, 2.24) is 9.97 Å². The third-order valence-electron chi connectivity index (χ3n) is 5.49. The Balaban J connectivity index is 1.68. The van der Waals surface area contributed by atoms with Crippen molar-refractivity contribution in [3.8, 4) is 22.9 Å². The van der Waals surface area contributed by atoms with Crippen molar-refractivity contribution in [2.45, 2.75) is 11.9 Å². The first-order valence-electron chi connectivity index (χ1n) is 11.3. The van der Waals surface area contributed by atoms with Crippen LogP contribution in [-0.2, 0) is 16.8 Å². The number of benzene rings is 3. The molecule has 0 saturated carbocycles. The Kier molecular flexibility index (Phi) is 8.92. The summed E-state index contributed by atoms with van der Waals surface area (Å²) in [5.41, 5.74) is 3.08. The summed E-state index contributed by atoms with van der Waals surface area (Å²) in [7, 11) is 0. The van der Waals surface area contributed by atoms with Crippen LogP contribution >= 0.6 is 23.2 Å². The molecule has 13 heteroatoms. The minimum absolute atomic E-state index is 0.0140. The molecule has 39 heavy (non-hydrogen) atoms. The largest absolute Gasteiger partial charge is 0.772 e. The van der Waals surface area contributed by atoms with Gasteiger partial charge in [-0.3, -0.25) is 9.19 Å². The summed E-state index contributed by atoms with van der Waals surface area (Å²) in [6.45, 7) is -1.25. The lowest BCUT2D eigenvalue weighted by Gasteiger charge is -2.27. The number of nitrogens with zero attached hydrogens (tertiary/aromatic N) is 4. The lowest BCUT2D eigenvalue weighted by atomic mass is 10.0. The highest BCUT2D eigenvalue weighted by Crippen LogP contribution is 2.38. The summed E-state index contributed by atoms with van der Waals surface area (Å²) in [5.74, 6) is -0.0481. The molecule has 0 amide bonds. The summed E-state index contributed by atoms with van der Waals surface area (Å²) < 4.78 is 68.0. The smallest absolute Gasteiger partial charge is 0.406 e. The Bertz CT molecular complexity index is 1560. The lowest BCUT2D eigenvalue weighted by molar-refractivity contribution is -0.118. The average Bonchev–Trinajstić information content (AvgIpc) is 2.89. The van der Waals surface area contributed by atoms with Gasteiger partial charge in [0.05, 0.1) is 45.1 Å². The molecule has 0 aliphatic rings. The molecule has 4 rings (SSSR count). The number of ether oxygens (including phenoxy) is 1. The van der Waals surface area contributed by atoms with Gasteiger partial charge in [-0.2, -0.15) is 18.4 Å². The van der Waals surface area contributed by atoms with Crippen molar-refractivity contribution < 1.29 is 26.7 Å². The van der Waals surface area contributed by atoms with Crippen LogP contribution < -0.4 is 9.64 Å². The van der Waals surface area contributed by atoms with Crippen LogP contribution in [-0.4, -0.2) is 43.9 Å². The molecule has 4 aromatic rings. The summed E-state index contributed by atoms with van der Waals surface area (Å²) in [6.07, 6.45) is -3.17. The van der Waals surface area contributed by atoms with Crippen LogP contribution in [0.1, 0.15) is 11.3 Å². The first kappa shape index (κ1) is 28.6. The van der Waals surface area contributed by atoms with Crippen molar-refractivity contribution in [3.05, 3.63) is 77.1 Å². The highest BCUT2D eigenvalue weighted by Gasteiger charge is 2.32. The lowest BCUT2D eigenvalue weighted by Crippen LogP contribution is -2.30. The van der Waals surface area contributed by atoms with E-state index in [-0.39, 0.29) is 46.0 Å². The van der Waals surface area contributed by atoms with Crippen LogP contribution in [0.3, 0.4) is 0 Å². The van der Waals surface area contributed by atoms with Gasteiger partial charge in [0.1, 0.15) is 19.2 Å². The molecule has 1 heterocycles. The normalized spacial score (nSPS) is 12.2. The van der Waals surface area contributed by atoms with Crippen LogP contribution in [0.4, 0.5) is 24.5 Å². The van der Waals surface area contributed by atoms with E-state index in [1.807, 2.05) is 6.07 Å². The number of alkyl halides is 4. The van der Waals surface area contributed by atoms with Gasteiger partial charge in [0, 0.05) is 11.4 Å². The number of fused-ring (bicyclic) bond motifs is 1. The van der Waals surface area contributed by atoms with Crippen molar-refractivity contribution in [2.75, 3.05) is 23.9 Å². The first-order chi connectivity index (χ1) is 18.6. The molecule has 0 spiro atoms. The number of anilines is 2. The predicted molar refractivity (Wildman–Crippen MR) is 143 cm³/mol. The van der Waals surface area contributed by atoms with E-state index in [2.05, 4.69) is 9.97 Å². The molecular weight excluding hydrogens is 576 g/mol. The van der Waals surface area contributed by atoms with E-state index in [1.54, 1.807) is 30.3 Å². The fourth-order valence-electron chi connectivity index (χ4n) is 3.87. The zero-order valence-corrected chi connectivity index (χ0v) is 22.2. The van der Waals surface area contributed by atoms with Crippen LogP contribution in [0, 0.1) is 11.3 Å². The van der Waals surface area contributed by atoms with Crippen molar-refractivity contribution in [2.24, 2.45) is 0 Å². The second-order valence-electron chi connectivity index (χ2n) is 8.21. The van der Waals surface area contributed by atoms with Crippen molar-refractivity contribution in [1.29, 1.82) is 5.26 Å². The van der Waals surface area contributed by atoms with E-state index >= 15 is 0 Å². The van der Waals surface area contributed by atoms with E-state index in [4.69, 9.17) is 27.9 Å². The second kappa shape index (κ2) is 12.2. The van der Waals surface area contributed by atoms with Gasteiger partial charge in [0.15, 0.2) is 5.75 Å². The topological polar surface area (TPSA) is 102 Å². The maximum atomic E-state index is 13.6. The van der Waals surface area contributed by atoms with Gasteiger partial charge in [-0.15, -0.1) is 11.6 Å². The van der Waals surface area contributed by atoms with Crippen LogP contribution in [0.5, 0.6) is 5.75 Å². The highest BCUT2D eigenvalue weighted by molar-refractivity contribution is 7.78. The molecule has 3 aromatic carbocycles. The Morgan fingerprint density at radius 2 is 1.77 bits per heavy atom. The Morgan fingerprint density at radius 1 is 1.05 bits per heavy atom. The van der Waals surface area contributed by atoms with Crippen LogP contribution in [0.25, 0.3) is 22.2 Å². The molecule has 7 nitrogen and oxygen atoms in total. The van der Waals surface area contributed by atoms with Gasteiger partial charge in [0.25, 0.3) is 0 Å². The summed E-state index contributed by atoms with van der Waals surface area (Å²) in [6, 6.07) is 16.1. The summed E-state index contributed by atoms with van der Waals surface area (Å²) >= 11 is 9.61. The third-order valence-corrected chi connectivity index (χ3v) is 6.46. The fourth-order valence-corrected chi connectivity index (χ4v) is 4.59. The molecule has 0 aliphatic carbocycles. The third kappa shape index (κ3) is 7.16. The predicted octanol–water partition coefficient (Wildman–Crippen LogP) is 6.52. The van der Waals surface area contributed by atoms with Gasteiger partial charge in [-0.1, -0.05) is 29.8 Å². The van der Waals surface area contributed by atoms with Gasteiger partial charge in [0.2, 0.25) is 0 Å². The number of halogens is 5. The van der Waals surface area contributed by atoms with E-state index in [0.717, 1.165) is 10.5 Å². The standard InChI is InChI=1S/C26H19Cl2F3N4O3S/c27-7-8-38-25-18(12-32)9-21(11-22(25)28)35(15-26(29,30)31)20-4-1-16(2-5-20)17-3-6-23-24(10-17)33-13-19(34-23)14-39(36)37/h1-6,9-11,13H,7-8,14-15H2,(H,36,37)/p-1. The van der Waals surface area contributed by atoms with E-state index in [0.29, 0.717) is 22.3 Å². The highest BCUT2D eigenvalue weighted by atomic mass is 35.5. The van der Waals surface area contributed by atoms with Gasteiger partial charge < -0.3 is 14.2 Å². The average molecular weight is 594 g/mol. The zero-order valence-electron chi connectivity index (χ0n) is 19.9. The van der Waals surface area contributed by atoms with Crippen LogP contribution in [0.15, 0.2) is 60.8 Å². The van der Waals surface area contributed by atoms with Crippen molar-refractivity contribution >= 4 is 56.7 Å². The Morgan fingerprint density at radius 3 is 2.41 bits per heavy atom. The molecule has 1 atom stereocenters. The maximum absolute atomic E-state index is 13.6. The molecule has 1 unspecified atom stereocenters. The summed E-state index contributed by atoms with van der Waals surface area (Å²) in [4.78, 5) is 9.56. The number of hydrogen-bond donors (Lipinski definition) is 0. The van der Waals surface area contributed by atoms with E-state index < -0.39 is 23.8 Å². The molecule has 202 valence electrons. The molecular formula is C26H18Cl2F3N4O3S-. The molecule has 0 N–H and O–H groups in total.